The number of rotatable bonds is 6. The lowest BCUT2D eigenvalue weighted by Crippen LogP contribution is -2.60. The average Bonchev–Trinajstić information content (AvgIpc) is 2.76. The predicted octanol–water partition coefficient (Wildman–Crippen LogP) is 3.70. The van der Waals surface area contributed by atoms with E-state index in [1.54, 1.807) is 0 Å². The number of piperazine rings is 1. The number of hydrogen-bond acceptors (Lipinski definition) is 4. The van der Waals surface area contributed by atoms with Gasteiger partial charge in [-0.25, -0.2) is 0 Å². The summed E-state index contributed by atoms with van der Waals surface area (Å²) in [5.74, 6) is -2.07. The molecule has 3 rings (SSSR count). The molecule has 1 atom stereocenters. The van der Waals surface area contributed by atoms with Crippen LogP contribution in [0.15, 0.2) is 42.5 Å². The van der Waals surface area contributed by atoms with Crippen LogP contribution in [0.3, 0.4) is 0 Å². The molecule has 1 fully saturated rings. The van der Waals surface area contributed by atoms with Crippen molar-refractivity contribution in [2.24, 2.45) is 5.73 Å². The van der Waals surface area contributed by atoms with Crippen LogP contribution in [-0.2, 0) is 22.2 Å². The van der Waals surface area contributed by atoms with Gasteiger partial charge in [-0.2, -0.15) is 26.3 Å². The molecular formula is C23H23F6N3O3. The minimum Gasteiger partial charge on any atom is -0.484 e. The maximum atomic E-state index is 13.2. The van der Waals surface area contributed by atoms with Crippen LogP contribution in [0.2, 0.25) is 0 Å². The van der Waals surface area contributed by atoms with Gasteiger partial charge < -0.3 is 20.3 Å². The molecule has 1 unspecified atom stereocenters. The van der Waals surface area contributed by atoms with Crippen LogP contribution in [0.1, 0.15) is 16.7 Å². The number of amides is 2. The molecule has 2 N–H and O–H groups in total. The first-order valence-corrected chi connectivity index (χ1v) is 10.6. The van der Waals surface area contributed by atoms with E-state index in [1.807, 2.05) is 36.1 Å². The smallest absolute Gasteiger partial charge is 0.422 e. The third kappa shape index (κ3) is 6.58. The quantitative estimate of drug-likeness (QED) is 0.611. The van der Waals surface area contributed by atoms with Gasteiger partial charge in [0, 0.05) is 30.9 Å². The topological polar surface area (TPSA) is 75.9 Å². The fraction of sp³-hybridized carbons (Fsp3) is 0.391. The summed E-state index contributed by atoms with van der Waals surface area (Å²) >= 11 is 0. The van der Waals surface area contributed by atoms with E-state index >= 15 is 0 Å². The lowest BCUT2D eigenvalue weighted by Gasteiger charge is -2.41. The highest BCUT2D eigenvalue weighted by Crippen LogP contribution is 2.34. The number of alkyl halides is 6. The third-order valence-electron chi connectivity index (χ3n) is 5.61. The Labute approximate surface area is 197 Å². The second-order valence-corrected chi connectivity index (χ2v) is 8.14. The first-order valence-electron chi connectivity index (χ1n) is 10.6. The standard InChI is InChI=1S/C23H23F6N3O3/c1-14-4-2-3-5-17(14)31-8-9-32(18(12-31)21(30)34)20(33)11-15-10-16(23(27,28)29)6-7-19(15)35-13-22(24,25)26/h2-7,10,18H,8-9,11-13H2,1H3,(H2,30,34). The molecule has 0 spiro atoms. The lowest BCUT2D eigenvalue weighted by molar-refractivity contribution is -0.153. The Hall–Kier alpha value is -3.44. The van der Waals surface area contributed by atoms with Crippen molar-refractivity contribution >= 4 is 17.5 Å². The molecule has 2 aromatic carbocycles. The largest absolute Gasteiger partial charge is 0.484 e. The van der Waals surface area contributed by atoms with Crippen molar-refractivity contribution in [2.75, 3.05) is 31.1 Å². The number of ether oxygens (including phenoxy) is 1. The van der Waals surface area contributed by atoms with Gasteiger partial charge in [0.05, 0.1) is 12.0 Å². The van der Waals surface area contributed by atoms with Crippen LogP contribution in [-0.4, -0.2) is 55.2 Å². The number of primary amides is 1. The normalized spacial score (nSPS) is 16.8. The number of nitrogens with two attached hydrogens (primary N) is 1. The Morgan fingerprint density at radius 1 is 1.06 bits per heavy atom. The van der Waals surface area contributed by atoms with Crippen LogP contribution >= 0.6 is 0 Å². The maximum absolute atomic E-state index is 13.2. The molecule has 12 heteroatoms. The predicted molar refractivity (Wildman–Crippen MR) is 115 cm³/mol. The zero-order valence-electron chi connectivity index (χ0n) is 18.6. The molecule has 0 aromatic heterocycles. The van der Waals surface area contributed by atoms with Crippen LogP contribution in [0, 0.1) is 6.92 Å². The minimum absolute atomic E-state index is 0.0402. The summed E-state index contributed by atoms with van der Waals surface area (Å²) in [6.07, 6.45) is -10.2. The zero-order valence-corrected chi connectivity index (χ0v) is 18.6. The van der Waals surface area contributed by atoms with Crippen LogP contribution in [0.5, 0.6) is 5.75 Å². The molecule has 0 bridgehead atoms. The van der Waals surface area contributed by atoms with Gasteiger partial charge in [-0.05, 0) is 36.8 Å². The Balaban J connectivity index is 1.84. The van der Waals surface area contributed by atoms with Crippen molar-refractivity contribution in [1.29, 1.82) is 0 Å². The van der Waals surface area contributed by atoms with Crippen LogP contribution in [0.25, 0.3) is 0 Å². The Morgan fingerprint density at radius 2 is 1.74 bits per heavy atom. The fourth-order valence-corrected chi connectivity index (χ4v) is 3.92. The molecule has 0 saturated carbocycles. The number of carbonyl (C=O) groups excluding carboxylic acids is 2. The number of carbonyl (C=O) groups is 2. The average molecular weight is 503 g/mol. The molecule has 0 radical (unpaired) electrons. The molecule has 2 aromatic rings. The highest BCUT2D eigenvalue weighted by molar-refractivity contribution is 5.89. The summed E-state index contributed by atoms with van der Waals surface area (Å²) < 4.78 is 82.0. The molecule has 6 nitrogen and oxygen atoms in total. The summed E-state index contributed by atoms with van der Waals surface area (Å²) in [6, 6.07) is 8.20. The number of aryl methyl sites for hydroxylation is 1. The second kappa shape index (κ2) is 10.0. The highest BCUT2D eigenvalue weighted by Gasteiger charge is 2.36. The molecule has 35 heavy (non-hydrogen) atoms. The monoisotopic (exact) mass is 503 g/mol. The van der Waals surface area contributed by atoms with Gasteiger partial charge in [0.15, 0.2) is 6.61 Å². The molecule has 1 aliphatic heterocycles. The number of benzene rings is 2. The van der Waals surface area contributed by atoms with E-state index in [-0.39, 0.29) is 18.7 Å². The van der Waals surface area contributed by atoms with Crippen molar-refractivity contribution < 1.29 is 40.7 Å². The van der Waals surface area contributed by atoms with Crippen LogP contribution < -0.4 is 15.4 Å². The molecule has 1 aliphatic rings. The Morgan fingerprint density at radius 3 is 2.34 bits per heavy atom. The van der Waals surface area contributed by atoms with E-state index in [1.165, 1.54) is 0 Å². The van der Waals surface area contributed by atoms with Crippen LogP contribution in [0.4, 0.5) is 32.0 Å². The van der Waals surface area contributed by atoms with E-state index in [0.29, 0.717) is 18.7 Å². The van der Waals surface area contributed by atoms with Gasteiger partial charge in [-0.3, -0.25) is 9.59 Å². The van der Waals surface area contributed by atoms with E-state index in [4.69, 9.17) is 5.73 Å². The summed E-state index contributed by atoms with van der Waals surface area (Å²) in [6.45, 7) is 0.561. The van der Waals surface area contributed by atoms with E-state index < -0.39 is 54.5 Å². The van der Waals surface area contributed by atoms with Crippen molar-refractivity contribution in [2.45, 2.75) is 31.7 Å². The first-order chi connectivity index (χ1) is 16.3. The molecule has 2 amide bonds. The number of anilines is 1. The molecular weight excluding hydrogens is 480 g/mol. The number of hydrogen-bond donors (Lipinski definition) is 1. The lowest BCUT2D eigenvalue weighted by atomic mass is 10.0. The number of para-hydroxylation sites is 1. The Bertz CT molecular complexity index is 1090. The second-order valence-electron chi connectivity index (χ2n) is 8.14. The van der Waals surface area contributed by atoms with E-state index in [9.17, 15) is 35.9 Å². The fourth-order valence-electron chi connectivity index (χ4n) is 3.92. The van der Waals surface area contributed by atoms with Gasteiger partial charge in [0.25, 0.3) is 0 Å². The van der Waals surface area contributed by atoms with Crippen molar-refractivity contribution in [3.8, 4) is 5.75 Å². The highest BCUT2D eigenvalue weighted by atomic mass is 19.4. The summed E-state index contributed by atoms with van der Waals surface area (Å²) in [4.78, 5) is 28.2. The summed E-state index contributed by atoms with van der Waals surface area (Å²) in [5, 5.41) is 0. The first kappa shape index (κ1) is 26.2. The van der Waals surface area contributed by atoms with Gasteiger partial charge in [0.2, 0.25) is 11.8 Å². The summed E-state index contributed by atoms with van der Waals surface area (Å²) in [5.41, 5.74) is 5.77. The zero-order chi connectivity index (χ0) is 26.0. The van der Waals surface area contributed by atoms with Crippen molar-refractivity contribution in [1.82, 2.24) is 4.90 Å². The molecule has 1 saturated heterocycles. The van der Waals surface area contributed by atoms with Gasteiger partial charge in [0.1, 0.15) is 11.8 Å². The van der Waals surface area contributed by atoms with Gasteiger partial charge in [-0.1, -0.05) is 18.2 Å². The van der Waals surface area contributed by atoms with Crippen molar-refractivity contribution in [3.05, 3.63) is 59.2 Å². The number of halogens is 6. The third-order valence-corrected chi connectivity index (χ3v) is 5.61. The minimum atomic E-state index is -4.78. The van der Waals surface area contributed by atoms with Gasteiger partial charge in [-0.15, -0.1) is 0 Å². The Kier molecular flexibility index (Phi) is 7.51. The molecule has 190 valence electrons. The maximum Gasteiger partial charge on any atom is 0.422 e. The summed E-state index contributed by atoms with van der Waals surface area (Å²) in [7, 11) is 0. The number of nitrogens with zero attached hydrogens (tertiary/aromatic N) is 2. The van der Waals surface area contributed by atoms with Crippen molar-refractivity contribution in [3.63, 3.8) is 0 Å². The van der Waals surface area contributed by atoms with E-state index in [2.05, 4.69) is 4.74 Å². The SMILES string of the molecule is Cc1ccccc1N1CCN(C(=O)Cc2cc(C(F)(F)F)ccc2OCC(F)(F)F)C(C(N)=O)C1. The van der Waals surface area contributed by atoms with Gasteiger partial charge >= 0.3 is 12.4 Å². The molecule has 0 aliphatic carbocycles. The van der Waals surface area contributed by atoms with E-state index in [0.717, 1.165) is 22.2 Å². The molecule has 1 heterocycles.